The number of anilines is 1. The fourth-order valence-corrected chi connectivity index (χ4v) is 5.40. The predicted molar refractivity (Wildman–Crippen MR) is 124 cm³/mol. The standard InChI is InChI=1S/C25H22N4O2S/c1-15-22(25(31)29-21-8-2-3-10-27-21)23(16-6-4-9-26-14-16)24-18(28-15)12-17(13-19(24)30)20-7-5-11-32-20/h2-11,14,17,23,28H,12-13H2,1H3,(H,27,29,31)/t17-,23-/m0/s1. The second-order valence-corrected chi connectivity index (χ2v) is 8.97. The molecule has 0 fully saturated rings. The molecule has 3 aromatic rings. The highest BCUT2D eigenvalue weighted by atomic mass is 32.1. The number of aromatic nitrogens is 2. The third kappa shape index (κ3) is 3.76. The number of ketones is 1. The molecule has 0 spiro atoms. The van der Waals surface area contributed by atoms with E-state index in [9.17, 15) is 9.59 Å². The fraction of sp³-hybridized carbons (Fsp3) is 0.200. The van der Waals surface area contributed by atoms with Crippen LogP contribution in [0.1, 0.15) is 42.0 Å². The molecule has 0 saturated carbocycles. The summed E-state index contributed by atoms with van der Waals surface area (Å²) in [5.41, 5.74) is 3.66. The maximum Gasteiger partial charge on any atom is 0.255 e. The van der Waals surface area contributed by atoms with Crippen molar-refractivity contribution in [1.82, 2.24) is 15.3 Å². The Morgan fingerprint density at radius 1 is 1.12 bits per heavy atom. The van der Waals surface area contributed by atoms with E-state index >= 15 is 0 Å². The highest BCUT2D eigenvalue weighted by Crippen LogP contribution is 2.46. The van der Waals surface area contributed by atoms with Gasteiger partial charge >= 0.3 is 0 Å². The lowest BCUT2D eigenvalue weighted by Crippen LogP contribution is -2.37. The van der Waals surface area contributed by atoms with Gasteiger partial charge in [0.1, 0.15) is 5.82 Å². The van der Waals surface area contributed by atoms with Crippen molar-refractivity contribution in [1.29, 1.82) is 0 Å². The molecule has 1 aliphatic heterocycles. The van der Waals surface area contributed by atoms with Crippen LogP contribution in [0.25, 0.3) is 0 Å². The van der Waals surface area contributed by atoms with Gasteiger partial charge in [-0.1, -0.05) is 18.2 Å². The Morgan fingerprint density at radius 3 is 2.75 bits per heavy atom. The summed E-state index contributed by atoms with van der Waals surface area (Å²) >= 11 is 1.68. The number of thiophene rings is 1. The van der Waals surface area contributed by atoms with Gasteiger partial charge in [0.15, 0.2) is 5.78 Å². The van der Waals surface area contributed by atoms with Crippen LogP contribution < -0.4 is 10.6 Å². The van der Waals surface area contributed by atoms with Crippen LogP contribution >= 0.6 is 11.3 Å². The molecule has 6 nitrogen and oxygen atoms in total. The van der Waals surface area contributed by atoms with Gasteiger partial charge in [0.05, 0.1) is 0 Å². The van der Waals surface area contributed by atoms with E-state index in [-0.39, 0.29) is 17.6 Å². The van der Waals surface area contributed by atoms with Gasteiger partial charge in [-0.25, -0.2) is 4.98 Å². The first-order chi connectivity index (χ1) is 15.6. The molecule has 0 aromatic carbocycles. The molecule has 0 unspecified atom stereocenters. The van der Waals surface area contributed by atoms with Crippen LogP contribution in [-0.2, 0) is 9.59 Å². The predicted octanol–water partition coefficient (Wildman–Crippen LogP) is 4.54. The fourth-order valence-electron chi connectivity index (χ4n) is 4.57. The second kappa shape index (κ2) is 8.51. The van der Waals surface area contributed by atoms with Gasteiger partial charge in [0.2, 0.25) is 0 Å². The van der Waals surface area contributed by atoms with Crippen LogP contribution in [-0.4, -0.2) is 21.7 Å². The SMILES string of the molecule is CC1=C(C(=O)Nc2ccccn2)[C@H](c2cccnc2)C2=C(C[C@H](c3cccs3)CC2=O)N1. The molecule has 1 amide bonds. The summed E-state index contributed by atoms with van der Waals surface area (Å²) < 4.78 is 0. The highest BCUT2D eigenvalue weighted by Gasteiger charge is 2.41. The summed E-state index contributed by atoms with van der Waals surface area (Å²) in [5.74, 6) is -0.0559. The van der Waals surface area contributed by atoms with Gasteiger partial charge in [0, 0.05) is 64.3 Å². The molecule has 0 radical (unpaired) electrons. The van der Waals surface area contributed by atoms with Crippen LogP contribution in [0.3, 0.4) is 0 Å². The van der Waals surface area contributed by atoms with Gasteiger partial charge in [-0.2, -0.15) is 0 Å². The zero-order chi connectivity index (χ0) is 22.1. The highest BCUT2D eigenvalue weighted by molar-refractivity contribution is 7.10. The van der Waals surface area contributed by atoms with Gasteiger partial charge in [-0.3, -0.25) is 14.6 Å². The zero-order valence-corrected chi connectivity index (χ0v) is 18.4. The zero-order valence-electron chi connectivity index (χ0n) is 17.5. The van der Waals surface area contributed by atoms with E-state index in [2.05, 4.69) is 26.7 Å². The molecule has 2 atom stereocenters. The van der Waals surface area contributed by atoms with E-state index in [0.717, 1.165) is 23.4 Å². The van der Waals surface area contributed by atoms with Crippen molar-refractivity contribution in [3.63, 3.8) is 0 Å². The molecule has 0 saturated heterocycles. The largest absolute Gasteiger partial charge is 0.362 e. The minimum Gasteiger partial charge on any atom is -0.362 e. The number of nitrogens with zero attached hydrogens (tertiary/aromatic N) is 2. The van der Waals surface area contributed by atoms with Gasteiger partial charge in [-0.15, -0.1) is 11.3 Å². The van der Waals surface area contributed by atoms with Crippen LogP contribution in [0, 0.1) is 0 Å². The molecule has 2 aliphatic rings. The first kappa shape index (κ1) is 20.3. The minimum absolute atomic E-state index is 0.0710. The summed E-state index contributed by atoms with van der Waals surface area (Å²) in [7, 11) is 0. The molecule has 7 heteroatoms. The third-order valence-corrected chi connectivity index (χ3v) is 6.98. The summed E-state index contributed by atoms with van der Waals surface area (Å²) in [4.78, 5) is 36.5. The van der Waals surface area contributed by atoms with Crippen molar-refractivity contribution in [2.45, 2.75) is 31.6 Å². The maximum absolute atomic E-state index is 13.5. The molecular formula is C25H22N4O2S. The van der Waals surface area contributed by atoms with Crippen LogP contribution in [0.2, 0.25) is 0 Å². The number of nitrogens with one attached hydrogen (secondary N) is 2. The lowest BCUT2D eigenvalue weighted by Gasteiger charge is -2.36. The number of allylic oxidation sites excluding steroid dienone is 3. The number of Topliss-reactive ketones (excluding diaryl/α,β-unsaturated/α-hetero) is 1. The van der Waals surface area contributed by atoms with Crippen molar-refractivity contribution in [2.75, 3.05) is 5.32 Å². The Hall–Kier alpha value is -3.58. The Morgan fingerprint density at radius 2 is 2.03 bits per heavy atom. The molecule has 160 valence electrons. The smallest absolute Gasteiger partial charge is 0.255 e. The number of hydrogen-bond acceptors (Lipinski definition) is 6. The van der Waals surface area contributed by atoms with Crippen molar-refractivity contribution in [2.24, 2.45) is 0 Å². The first-order valence-corrected chi connectivity index (χ1v) is 11.4. The number of amides is 1. The number of hydrogen-bond donors (Lipinski definition) is 2. The van der Waals surface area contributed by atoms with Gasteiger partial charge in [0.25, 0.3) is 5.91 Å². The van der Waals surface area contributed by atoms with Crippen molar-refractivity contribution in [3.05, 3.63) is 99.4 Å². The van der Waals surface area contributed by atoms with Crippen LogP contribution in [0.5, 0.6) is 0 Å². The Kier molecular flexibility index (Phi) is 5.41. The van der Waals surface area contributed by atoms with Gasteiger partial charge in [-0.05, 0) is 48.6 Å². The number of dihydropyridines is 1. The van der Waals surface area contributed by atoms with Crippen molar-refractivity contribution >= 4 is 28.8 Å². The number of carbonyl (C=O) groups excluding carboxylic acids is 2. The number of pyridine rings is 2. The molecule has 3 aromatic heterocycles. The number of carbonyl (C=O) groups is 2. The molecule has 2 N–H and O–H groups in total. The summed E-state index contributed by atoms with van der Waals surface area (Å²) in [5, 5.41) is 8.32. The quantitative estimate of drug-likeness (QED) is 0.620. The molecule has 5 rings (SSSR count). The normalized spacial score (nSPS) is 20.6. The average Bonchev–Trinajstić information content (AvgIpc) is 3.34. The monoisotopic (exact) mass is 442 g/mol. The topological polar surface area (TPSA) is 84.0 Å². The van der Waals surface area contributed by atoms with E-state index in [1.807, 2.05) is 36.6 Å². The van der Waals surface area contributed by atoms with E-state index in [1.54, 1.807) is 42.1 Å². The van der Waals surface area contributed by atoms with Crippen LogP contribution in [0.4, 0.5) is 5.82 Å². The molecule has 0 bridgehead atoms. The molecule has 4 heterocycles. The van der Waals surface area contributed by atoms with Crippen molar-refractivity contribution in [3.8, 4) is 0 Å². The summed E-state index contributed by atoms with van der Waals surface area (Å²) in [6.45, 7) is 1.89. The Labute approximate surface area is 190 Å². The Bertz CT molecular complexity index is 1220. The maximum atomic E-state index is 13.5. The first-order valence-electron chi connectivity index (χ1n) is 10.5. The van der Waals surface area contributed by atoms with E-state index in [0.29, 0.717) is 23.4 Å². The summed E-state index contributed by atoms with van der Waals surface area (Å²) in [6, 6.07) is 13.2. The Balaban J connectivity index is 1.56. The molecule has 32 heavy (non-hydrogen) atoms. The number of rotatable bonds is 4. The minimum atomic E-state index is -0.472. The lowest BCUT2D eigenvalue weighted by molar-refractivity contribution is -0.116. The molecule has 1 aliphatic carbocycles. The second-order valence-electron chi connectivity index (χ2n) is 7.99. The third-order valence-electron chi connectivity index (χ3n) is 5.94. The summed E-state index contributed by atoms with van der Waals surface area (Å²) in [6.07, 6.45) is 6.24. The van der Waals surface area contributed by atoms with E-state index in [1.165, 1.54) is 4.88 Å². The average molecular weight is 443 g/mol. The van der Waals surface area contributed by atoms with E-state index in [4.69, 9.17) is 0 Å². The van der Waals surface area contributed by atoms with Crippen LogP contribution in [0.15, 0.2) is 89.0 Å². The van der Waals surface area contributed by atoms with E-state index < -0.39 is 5.92 Å². The van der Waals surface area contributed by atoms with Crippen molar-refractivity contribution < 1.29 is 9.59 Å². The van der Waals surface area contributed by atoms with Gasteiger partial charge < -0.3 is 10.6 Å². The lowest BCUT2D eigenvalue weighted by atomic mass is 9.73. The molecular weight excluding hydrogens is 420 g/mol.